The Bertz CT molecular complexity index is 1100. The molecule has 0 radical (unpaired) electrons. The Morgan fingerprint density at radius 2 is 1.74 bits per heavy atom. The molecule has 0 atom stereocenters. The van der Waals surface area contributed by atoms with Gasteiger partial charge in [-0.25, -0.2) is 4.68 Å². The van der Waals surface area contributed by atoms with Crippen molar-refractivity contribution >= 4 is 23.3 Å². The van der Waals surface area contributed by atoms with E-state index in [0.717, 1.165) is 17.1 Å². The number of amides is 2. The van der Waals surface area contributed by atoms with Crippen LogP contribution in [0.2, 0.25) is 0 Å². The maximum atomic E-state index is 12.7. The molecule has 2 amide bonds. The minimum absolute atomic E-state index is 0.0705. The summed E-state index contributed by atoms with van der Waals surface area (Å²) in [7, 11) is 3.11. The van der Waals surface area contributed by atoms with Gasteiger partial charge in [0.15, 0.2) is 0 Å². The Balaban J connectivity index is 1.47. The Morgan fingerprint density at radius 1 is 1.06 bits per heavy atom. The van der Waals surface area contributed by atoms with E-state index in [1.54, 1.807) is 49.5 Å². The van der Waals surface area contributed by atoms with Gasteiger partial charge >= 0.3 is 0 Å². The second-order valence-corrected chi connectivity index (χ2v) is 7.35. The molecule has 0 saturated heterocycles. The van der Waals surface area contributed by atoms with E-state index >= 15 is 0 Å². The number of nitrogens with one attached hydrogen (secondary N) is 1. The highest BCUT2D eigenvalue weighted by molar-refractivity contribution is 6.04. The molecule has 31 heavy (non-hydrogen) atoms. The van der Waals surface area contributed by atoms with Crippen molar-refractivity contribution in [1.29, 1.82) is 0 Å². The largest absolute Gasteiger partial charge is 0.497 e. The van der Waals surface area contributed by atoms with Crippen molar-refractivity contribution < 1.29 is 19.1 Å². The predicted molar refractivity (Wildman–Crippen MR) is 117 cm³/mol. The fourth-order valence-corrected chi connectivity index (χ4v) is 3.57. The third kappa shape index (κ3) is 4.37. The molecule has 0 saturated carbocycles. The van der Waals surface area contributed by atoms with Gasteiger partial charge in [-0.2, -0.15) is 5.10 Å². The quantitative estimate of drug-likeness (QED) is 0.661. The van der Waals surface area contributed by atoms with Gasteiger partial charge in [-0.1, -0.05) is 12.1 Å². The summed E-state index contributed by atoms with van der Waals surface area (Å²) in [5, 5.41) is 7.29. The zero-order valence-corrected chi connectivity index (χ0v) is 17.7. The summed E-state index contributed by atoms with van der Waals surface area (Å²) < 4.78 is 12.3. The van der Waals surface area contributed by atoms with Crippen LogP contribution in [0.15, 0.2) is 48.5 Å². The SMILES string of the molecule is COc1cc(NC(=O)c2ccc(CN3C(=O)CCn4nc(C)cc43)cc2)cc(OC)c1. The van der Waals surface area contributed by atoms with Crippen molar-refractivity contribution in [2.75, 3.05) is 24.4 Å². The van der Waals surface area contributed by atoms with Crippen molar-refractivity contribution in [3.05, 3.63) is 65.4 Å². The number of anilines is 2. The van der Waals surface area contributed by atoms with E-state index < -0.39 is 0 Å². The molecule has 0 fully saturated rings. The second kappa shape index (κ2) is 8.51. The molecule has 8 heteroatoms. The molecular formula is C23H24N4O4. The number of ether oxygens (including phenoxy) is 2. The molecule has 0 bridgehead atoms. The van der Waals surface area contributed by atoms with E-state index in [0.29, 0.717) is 42.3 Å². The van der Waals surface area contributed by atoms with Crippen molar-refractivity contribution in [1.82, 2.24) is 9.78 Å². The van der Waals surface area contributed by atoms with Gasteiger partial charge in [0.05, 0.1) is 33.0 Å². The molecule has 8 nitrogen and oxygen atoms in total. The lowest BCUT2D eigenvalue weighted by molar-refractivity contribution is -0.119. The van der Waals surface area contributed by atoms with Crippen LogP contribution in [0.4, 0.5) is 11.5 Å². The van der Waals surface area contributed by atoms with Crippen molar-refractivity contribution in [3.63, 3.8) is 0 Å². The molecule has 160 valence electrons. The van der Waals surface area contributed by atoms with E-state index in [9.17, 15) is 9.59 Å². The van der Waals surface area contributed by atoms with Gasteiger partial charge in [-0.3, -0.25) is 14.5 Å². The van der Waals surface area contributed by atoms with E-state index in [4.69, 9.17) is 9.47 Å². The maximum absolute atomic E-state index is 12.7. The minimum Gasteiger partial charge on any atom is -0.497 e. The lowest BCUT2D eigenvalue weighted by Crippen LogP contribution is -2.36. The topological polar surface area (TPSA) is 85.7 Å². The van der Waals surface area contributed by atoms with Gasteiger partial charge in [0, 0.05) is 41.9 Å². The van der Waals surface area contributed by atoms with Crippen LogP contribution in [-0.2, 0) is 17.9 Å². The summed E-state index contributed by atoms with van der Waals surface area (Å²) >= 11 is 0. The molecule has 0 aliphatic carbocycles. The number of hydrogen-bond acceptors (Lipinski definition) is 5. The van der Waals surface area contributed by atoms with Crippen LogP contribution in [0, 0.1) is 6.92 Å². The van der Waals surface area contributed by atoms with Crippen molar-refractivity contribution in [2.24, 2.45) is 0 Å². The molecule has 2 aromatic carbocycles. The molecule has 3 aromatic rings. The van der Waals surface area contributed by atoms with Crippen LogP contribution in [0.25, 0.3) is 0 Å². The van der Waals surface area contributed by atoms with Crippen LogP contribution in [0.3, 0.4) is 0 Å². The normalized spacial score (nSPS) is 13.0. The summed E-state index contributed by atoms with van der Waals surface area (Å²) in [4.78, 5) is 26.9. The average Bonchev–Trinajstić information content (AvgIpc) is 3.16. The standard InChI is InChI=1S/C23H24N4O4/c1-15-10-21-26(22(28)8-9-27(21)25-15)14-16-4-6-17(7-5-16)23(29)24-18-11-19(30-2)13-20(12-18)31-3/h4-7,10-13H,8-9,14H2,1-3H3,(H,24,29). The smallest absolute Gasteiger partial charge is 0.255 e. The predicted octanol–water partition coefficient (Wildman–Crippen LogP) is 3.40. The van der Waals surface area contributed by atoms with E-state index in [1.807, 2.05) is 29.8 Å². The van der Waals surface area contributed by atoms with E-state index in [1.165, 1.54) is 0 Å². The number of benzene rings is 2. The number of nitrogens with zero attached hydrogens (tertiary/aromatic N) is 3. The summed E-state index contributed by atoms with van der Waals surface area (Å²) in [6.45, 7) is 2.95. The van der Waals surface area contributed by atoms with E-state index in [-0.39, 0.29) is 11.8 Å². The molecule has 1 aliphatic rings. The Kier molecular flexibility index (Phi) is 5.62. The summed E-state index contributed by atoms with van der Waals surface area (Å²) in [6.07, 6.45) is 0.429. The van der Waals surface area contributed by atoms with Gasteiger partial charge in [0.2, 0.25) is 5.91 Å². The number of carbonyl (C=O) groups excluding carboxylic acids is 2. The van der Waals surface area contributed by atoms with Gasteiger partial charge in [-0.15, -0.1) is 0 Å². The second-order valence-electron chi connectivity index (χ2n) is 7.35. The fourth-order valence-electron chi connectivity index (χ4n) is 3.57. The van der Waals surface area contributed by atoms with E-state index in [2.05, 4.69) is 10.4 Å². The van der Waals surface area contributed by atoms with Crippen LogP contribution in [0.1, 0.15) is 28.0 Å². The first kappa shape index (κ1) is 20.5. The zero-order valence-electron chi connectivity index (χ0n) is 17.7. The number of hydrogen-bond donors (Lipinski definition) is 1. The van der Waals surface area contributed by atoms with Gasteiger partial charge in [0.25, 0.3) is 5.91 Å². The third-order valence-corrected chi connectivity index (χ3v) is 5.16. The first-order valence-electron chi connectivity index (χ1n) is 9.95. The number of aryl methyl sites for hydroxylation is 2. The molecule has 1 N–H and O–H groups in total. The molecule has 0 spiro atoms. The van der Waals surface area contributed by atoms with Crippen LogP contribution in [-0.4, -0.2) is 35.8 Å². The molecule has 0 unspecified atom stereocenters. The monoisotopic (exact) mass is 420 g/mol. The highest BCUT2D eigenvalue weighted by Crippen LogP contribution is 2.27. The summed E-state index contributed by atoms with van der Waals surface area (Å²) in [5.74, 6) is 1.81. The number of carbonyl (C=O) groups is 2. The van der Waals surface area contributed by atoms with Gasteiger partial charge < -0.3 is 14.8 Å². The minimum atomic E-state index is -0.246. The van der Waals surface area contributed by atoms with Crippen LogP contribution >= 0.6 is 0 Å². The van der Waals surface area contributed by atoms with Gasteiger partial charge in [0.1, 0.15) is 17.3 Å². The Morgan fingerprint density at radius 3 is 2.39 bits per heavy atom. The highest BCUT2D eigenvalue weighted by Gasteiger charge is 2.25. The Labute approximate surface area is 180 Å². The van der Waals surface area contributed by atoms with Crippen molar-refractivity contribution in [2.45, 2.75) is 26.4 Å². The average molecular weight is 420 g/mol. The lowest BCUT2D eigenvalue weighted by Gasteiger charge is -2.27. The van der Waals surface area contributed by atoms with Crippen LogP contribution < -0.4 is 19.7 Å². The lowest BCUT2D eigenvalue weighted by atomic mass is 10.1. The number of aromatic nitrogens is 2. The third-order valence-electron chi connectivity index (χ3n) is 5.16. The first-order valence-corrected chi connectivity index (χ1v) is 9.95. The molecule has 2 heterocycles. The van der Waals surface area contributed by atoms with Gasteiger partial charge in [-0.05, 0) is 24.6 Å². The zero-order chi connectivity index (χ0) is 22.0. The fraction of sp³-hybridized carbons (Fsp3) is 0.261. The molecular weight excluding hydrogens is 396 g/mol. The van der Waals surface area contributed by atoms with Crippen molar-refractivity contribution in [3.8, 4) is 11.5 Å². The molecule has 1 aromatic heterocycles. The number of fused-ring (bicyclic) bond motifs is 1. The number of rotatable bonds is 6. The molecule has 4 rings (SSSR count). The summed E-state index contributed by atoms with van der Waals surface area (Å²) in [5.41, 5.74) is 2.90. The Hall–Kier alpha value is -3.81. The summed E-state index contributed by atoms with van der Waals surface area (Å²) in [6, 6.07) is 14.3. The maximum Gasteiger partial charge on any atom is 0.255 e. The first-order chi connectivity index (χ1) is 15.0. The van der Waals surface area contributed by atoms with Crippen LogP contribution in [0.5, 0.6) is 11.5 Å². The number of methoxy groups -OCH3 is 2. The highest BCUT2D eigenvalue weighted by atomic mass is 16.5. The molecule has 1 aliphatic heterocycles.